The number of hydrogen-bond donors (Lipinski definition) is 1. The summed E-state index contributed by atoms with van der Waals surface area (Å²) in [5.74, 6) is -1.05. The van der Waals surface area contributed by atoms with E-state index in [0.717, 1.165) is 0 Å². The van der Waals surface area contributed by atoms with Crippen molar-refractivity contribution in [2.75, 3.05) is 0 Å². The number of carbonyl (C=O) groups is 1. The quantitative estimate of drug-likeness (QED) is 0.648. The second kappa shape index (κ2) is 3.73. The highest BCUT2D eigenvalue weighted by molar-refractivity contribution is 5.78. The Bertz CT molecular complexity index is 324. The van der Waals surface area contributed by atoms with E-state index in [9.17, 15) is 4.79 Å². The van der Waals surface area contributed by atoms with Gasteiger partial charge in [0.05, 0.1) is 5.41 Å². The van der Waals surface area contributed by atoms with Crippen molar-refractivity contribution in [3.63, 3.8) is 0 Å². The zero-order valence-electron chi connectivity index (χ0n) is 7.75. The molecule has 1 N–H and O–H groups in total. The Morgan fingerprint density at radius 1 is 1.31 bits per heavy atom. The Balaban J connectivity index is 5.36. The minimum Gasteiger partial charge on any atom is -0.481 e. The van der Waals surface area contributed by atoms with Crippen molar-refractivity contribution in [2.24, 2.45) is 5.41 Å². The molecule has 0 rings (SSSR count). The van der Waals surface area contributed by atoms with Crippen LogP contribution < -0.4 is 0 Å². The predicted octanol–water partition coefficient (Wildman–Crippen LogP) is 1.46. The van der Waals surface area contributed by atoms with Crippen LogP contribution in [0.3, 0.4) is 0 Å². The minimum absolute atomic E-state index is 0.132. The highest BCUT2D eigenvalue weighted by Gasteiger charge is 2.31. The Morgan fingerprint density at radius 3 is 1.92 bits per heavy atom. The lowest BCUT2D eigenvalue weighted by Gasteiger charge is -2.19. The van der Waals surface area contributed by atoms with E-state index in [4.69, 9.17) is 15.6 Å². The van der Waals surface area contributed by atoms with Crippen molar-refractivity contribution in [3.05, 3.63) is 11.1 Å². The van der Waals surface area contributed by atoms with Crippen molar-refractivity contribution in [2.45, 2.75) is 20.8 Å². The van der Waals surface area contributed by atoms with Gasteiger partial charge in [0.25, 0.3) is 0 Å². The van der Waals surface area contributed by atoms with Gasteiger partial charge in [0.2, 0.25) is 0 Å². The summed E-state index contributed by atoms with van der Waals surface area (Å²) in [5.41, 5.74) is -1.02. The molecule has 0 fully saturated rings. The molecule has 0 saturated heterocycles. The fourth-order valence-electron chi connectivity index (χ4n) is 0.666. The Labute approximate surface area is 76.7 Å². The molecule has 0 aliphatic carbocycles. The van der Waals surface area contributed by atoms with Crippen molar-refractivity contribution in [1.29, 1.82) is 10.5 Å². The summed E-state index contributed by atoms with van der Waals surface area (Å²) in [6.07, 6.45) is 0. The van der Waals surface area contributed by atoms with Crippen LogP contribution in [0.2, 0.25) is 0 Å². The maximum Gasteiger partial charge on any atom is 0.313 e. The van der Waals surface area contributed by atoms with Crippen LogP contribution in [0.1, 0.15) is 20.8 Å². The lowest BCUT2D eigenvalue weighted by molar-refractivity contribution is -0.144. The molecule has 0 amide bonds. The summed E-state index contributed by atoms with van der Waals surface area (Å²) in [5, 5.41) is 25.8. The first-order valence-corrected chi connectivity index (χ1v) is 3.62. The molecule has 0 aromatic rings. The van der Waals surface area contributed by atoms with Crippen LogP contribution in [0.25, 0.3) is 0 Å². The number of allylic oxidation sites excluding steroid dienone is 1. The van der Waals surface area contributed by atoms with E-state index >= 15 is 0 Å². The van der Waals surface area contributed by atoms with Gasteiger partial charge in [-0.1, -0.05) is 0 Å². The van der Waals surface area contributed by atoms with E-state index in [1.165, 1.54) is 20.8 Å². The van der Waals surface area contributed by atoms with Crippen LogP contribution in [-0.4, -0.2) is 11.1 Å². The molecule has 0 aromatic heterocycles. The van der Waals surface area contributed by atoms with Crippen LogP contribution in [0.4, 0.5) is 0 Å². The van der Waals surface area contributed by atoms with Crippen molar-refractivity contribution < 1.29 is 9.90 Å². The zero-order valence-corrected chi connectivity index (χ0v) is 7.75. The second-order valence-corrected chi connectivity index (χ2v) is 3.15. The molecule has 0 aliphatic rings. The van der Waals surface area contributed by atoms with E-state index in [1.54, 1.807) is 12.1 Å². The minimum atomic E-state index is -1.17. The number of carboxylic acids is 1. The fourth-order valence-corrected chi connectivity index (χ4v) is 0.666. The van der Waals surface area contributed by atoms with E-state index in [-0.39, 0.29) is 11.1 Å². The summed E-state index contributed by atoms with van der Waals surface area (Å²) in [6.45, 7) is 4.40. The van der Waals surface area contributed by atoms with Gasteiger partial charge in [-0.25, -0.2) is 0 Å². The topological polar surface area (TPSA) is 84.9 Å². The highest BCUT2D eigenvalue weighted by Crippen LogP contribution is 2.28. The summed E-state index contributed by atoms with van der Waals surface area (Å²) in [6, 6.07) is 3.34. The zero-order chi connectivity index (χ0) is 10.6. The molecule has 0 unspecified atom stereocenters. The Morgan fingerprint density at radius 2 is 1.69 bits per heavy atom. The number of aliphatic carboxylic acids is 1. The van der Waals surface area contributed by atoms with E-state index in [1.807, 2.05) is 0 Å². The molecule has 4 nitrogen and oxygen atoms in total. The molecule has 13 heavy (non-hydrogen) atoms. The molecular weight excluding hydrogens is 168 g/mol. The summed E-state index contributed by atoms with van der Waals surface area (Å²) in [4.78, 5) is 10.7. The molecular formula is C9H10N2O2. The van der Waals surface area contributed by atoms with Gasteiger partial charge in [0, 0.05) is 0 Å². The number of hydrogen-bond acceptors (Lipinski definition) is 3. The molecule has 0 radical (unpaired) electrons. The Hall–Kier alpha value is -1.81. The van der Waals surface area contributed by atoms with Gasteiger partial charge in [0.1, 0.15) is 17.7 Å². The van der Waals surface area contributed by atoms with Crippen LogP contribution in [0, 0.1) is 28.1 Å². The molecule has 0 bridgehead atoms. The van der Waals surface area contributed by atoms with Gasteiger partial charge in [-0.15, -0.1) is 0 Å². The monoisotopic (exact) mass is 178 g/mol. The van der Waals surface area contributed by atoms with Gasteiger partial charge < -0.3 is 5.11 Å². The third-order valence-corrected chi connectivity index (χ3v) is 2.07. The van der Waals surface area contributed by atoms with Gasteiger partial charge in [-0.2, -0.15) is 10.5 Å². The van der Waals surface area contributed by atoms with Crippen molar-refractivity contribution in [3.8, 4) is 12.1 Å². The molecule has 0 spiro atoms. The van der Waals surface area contributed by atoms with Gasteiger partial charge >= 0.3 is 5.97 Å². The standard InChI is InChI=1S/C9H10N2O2/c1-6(7(4-10)5-11)9(2,3)8(12)13/h1-3H3,(H,12,13). The fraction of sp³-hybridized carbons (Fsp3) is 0.444. The van der Waals surface area contributed by atoms with Crippen LogP contribution >= 0.6 is 0 Å². The van der Waals surface area contributed by atoms with E-state index in [0.29, 0.717) is 0 Å². The SMILES string of the molecule is CC(=C(C#N)C#N)C(C)(C)C(=O)O. The van der Waals surface area contributed by atoms with Gasteiger partial charge in [-0.3, -0.25) is 4.79 Å². The molecule has 0 saturated carbocycles. The second-order valence-electron chi connectivity index (χ2n) is 3.15. The average Bonchev–Trinajstić information content (AvgIpc) is 2.06. The van der Waals surface area contributed by atoms with Crippen LogP contribution in [0.15, 0.2) is 11.1 Å². The lowest BCUT2D eigenvalue weighted by atomic mass is 9.83. The third kappa shape index (κ3) is 2.07. The maximum absolute atomic E-state index is 10.7. The Kier molecular flexibility index (Phi) is 3.21. The lowest BCUT2D eigenvalue weighted by Crippen LogP contribution is -2.25. The molecule has 0 atom stereocenters. The third-order valence-electron chi connectivity index (χ3n) is 2.07. The number of carboxylic acid groups (broad SMARTS) is 1. The highest BCUT2D eigenvalue weighted by atomic mass is 16.4. The van der Waals surface area contributed by atoms with Gasteiger partial charge in [0.15, 0.2) is 0 Å². The largest absolute Gasteiger partial charge is 0.481 e. The number of nitrogens with zero attached hydrogens (tertiary/aromatic N) is 2. The van der Waals surface area contributed by atoms with Crippen molar-refractivity contribution >= 4 is 5.97 Å². The average molecular weight is 178 g/mol. The van der Waals surface area contributed by atoms with Crippen LogP contribution in [-0.2, 0) is 4.79 Å². The first kappa shape index (κ1) is 11.2. The van der Waals surface area contributed by atoms with Crippen LogP contribution in [0.5, 0.6) is 0 Å². The number of rotatable bonds is 2. The summed E-state index contributed by atoms with van der Waals surface area (Å²) < 4.78 is 0. The predicted molar refractivity (Wildman–Crippen MR) is 45.3 cm³/mol. The molecule has 4 heteroatoms. The summed E-state index contributed by atoms with van der Waals surface area (Å²) >= 11 is 0. The normalized spacial score (nSPS) is 9.62. The maximum atomic E-state index is 10.7. The van der Waals surface area contributed by atoms with E-state index in [2.05, 4.69) is 0 Å². The first-order valence-electron chi connectivity index (χ1n) is 3.62. The molecule has 0 aliphatic heterocycles. The van der Waals surface area contributed by atoms with E-state index < -0.39 is 11.4 Å². The smallest absolute Gasteiger partial charge is 0.313 e. The van der Waals surface area contributed by atoms with Crippen molar-refractivity contribution in [1.82, 2.24) is 0 Å². The number of nitriles is 2. The molecule has 0 aromatic carbocycles. The van der Waals surface area contributed by atoms with Gasteiger partial charge in [-0.05, 0) is 26.3 Å². The molecule has 68 valence electrons. The molecule has 0 heterocycles. The first-order chi connectivity index (χ1) is 5.87. The summed E-state index contributed by atoms with van der Waals surface area (Å²) in [7, 11) is 0.